The number of aromatic nitrogens is 1. The lowest BCUT2D eigenvalue weighted by Gasteiger charge is -2.12. The molecule has 0 bridgehead atoms. The summed E-state index contributed by atoms with van der Waals surface area (Å²) in [5.74, 6) is 0.775. The fraction of sp³-hybridized carbons (Fsp3) is 0.100. The fourth-order valence-corrected chi connectivity index (χ4v) is 2.51. The van der Waals surface area contributed by atoms with Gasteiger partial charge >= 0.3 is 0 Å². The van der Waals surface area contributed by atoms with Crippen LogP contribution >= 0.6 is 0 Å². The largest absolute Gasteiger partial charge is 0.477 e. The maximum Gasteiger partial charge on any atom is 0.235 e. The van der Waals surface area contributed by atoms with Gasteiger partial charge in [-0.2, -0.15) is 10.2 Å². The minimum Gasteiger partial charge on any atom is -0.477 e. The Morgan fingerprint density at radius 2 is 1.84 bits per heavy atom. The van der Waals surface area contributed by atoms with Crippen LogP contribution in [0.2, 0.25) is 0 Å². The molecule has 3 N–H and O–H groups in total. The van der Waals surface area contributed by atoms with Gasteiger partial charge in [-0.1, -0.05) is 42.5 Å². The van der Waals surface area contributed by atoms with Crippen LogP contribution in [-0.2, 0) is 0 Å². The fourth-order valence-electron chi connectivity index (χ4n) is 2.51. The van der Waals surface area contributed by atoms with Gasteiger partial charge < -0.3 is 15.8 Å². The van der Waals surface area contributed by atoms with Gasteiger partial charge in [0.1, 0.15) is 17.5 Å². The van der Waals surface area contributed by atoms with E-state index in [9.17, 15) is 5.26 Å². The molecular weight excluding hydrogens is 312 g/mol. The maximum absolute atomic E-state index is 9.20. The van der Waals surface area contributed by atoms with Crippen LogP contribution in [0.15, 0.2) is 60.7 Å². The van der Waals surface area contributed by atoms with Crippen LogP contribution in [0.5, 0.6) is 5.88 Å². The van der Waals surface area contributed by atoms with Gasteiger partial charge in [-0.15, -0.1) is 0 Å². The first kappa shape index (κ1) is 16.3. The van der Waals surface area contributed by atoms with Crippen LogP contribution in [0.25, 0.3) is 11.1 Å². The monoisotopic (exact) mass is 330 g/mol. The third-order valence-corrected chi connectivity index (χ3v) is 3.65. The highest BCUT2D eigenvalue weighted by atomic mass is 16.5. The van der Waals surface area contributed by atoms with Crippen LogP contribution in [0.3, 0.4) is 0 Å². The van der Waals surface area contributed by atoms with Gasteiger partial charge in [0.05, 0.1) is 12.3 Å². The second kappa shape index (κ2) is 7.37. The predicted octanol–water partition coefficient (Wildman–Crippen LogP) is 4.34. The number of nitrogens with two attached hydrogens (primary N) is 1. The third kappa shape index (κ3) is 3.70. The smallest absolute Gasteiger partial charge is 0.235 e. The summed E-state index contributed by atoms with van der Waals surface area (Å²) in [5, 5.41) is 12.4. The average Bonchev–Trinajstić information content (AvgIpc) is 2.63. The summed E-state index contributed by atoms with van der Waals surface area (Å²) in [6, 6.07) is 21.8. The molecule has 1 heterocycles. The Morgan fingerprint density at radius 3 is 2.56 bits per heavy atom. The van der Waals surface area contributed by atoms with E-state index >= 15 is 0 Å². The summed E-state index contributed by atoms with van der Waals surface area (Å²) in [5.41, 5.74) is 9.65. The average molecular weight is 330 g/mol. The van der Waals surface area contributed by atoms with Crippen molar-refractivity contribution in [1.82, 2.24) is 4.98 Å². The van der Waals surface area contributed by atoms with Crippen LogP contribution in [0.1, 0.15) is 12.5 Å². The molecule has 2 aromatic carbocycles. The molecule has 5 heteroatoms. The molecule has 0 saturated carbocycles. The standard InChI is InChI=1S/C20H18N4O/c1-2-25-20-17(13-21)18(22)12-19(24-20)23-16-10-6-9-15(11-16)14-7-4-3-5-8-14/h3-12H,2H2,1H3,(H3,22,23,24). The van der Waals surface area contributed by atoms with Gasteiger partial charge in [0.25, 0.3) is 0 Å². The lowest BCUT2D eigenvalue weighted by molar-refractivity contribution is 0.326. The Hall–Kier alpha value is -3.52. The molecular formula is C20H18N4O. The highest BCUT2D eigenvalue weighted by Crippen LogP contribution is 2.28. The topological polar surface area (TPSA) is 84.0 Å². The summed E-state index contributed by atoms with van der Waals surface area (Å²) in [4.78, 5) is 4.36. The molecule has 0 aliphatic carbocycles. The van der Waals surface area contributed by atoms with Crippen molar-refractivity contribution in [1.29, 1.82) is 5.26 Å². The lowest BCUT2D eigenvalue weighted by atomic mass is 10.1. The number of ether oxygens (including phenoxy) is 1. The highest BCUT2D eigenvalue weighted by molar-refractivity contribution is 5.72. The summed E-state index contributed by atoms with van der Waals surface area (Å²) in [6.45, 7) is 2.25. The molecule has 0 aliphatic heterocycles. The van der Waals surface area contributed by atoms with Gasteiger partial charge in [0.15, 0.2) is 0 Å². The Kier molecular flexibility index (Phi) is 4.82. The number of pyridine rings is 1. The molecule has 0 fully saturated rings. The van der Waals surface area contributed by atoms with Gasteiger partial charge in [-0.3, -0.25) is 0 Å². The SMILES string of the molecule is CCOc1nc(Nc2cccc(-c3ccccc3)c2)cc(N)c1C#N. The number of benzene rings is 2. The van der Waals surface area contributed by atoms with E-state index in [2.05, 4.69) is 22.4 Å². The van der Waals surface area contributed by atoms with Gasteiger partial charge in [0.2, 0.25) is 5.88 Å². The molecule has 0 amide bonds. The molecule has 0 spiro atoms. The number of rotatable bonds is 5. The molecule has 3 rings (SSSR count). The minimum atomic E-state index is 0.242. The van der Waals surface area contributed by atoms with Crippen molar-refractivity contribution < 1.29 is 4.74 Å². The van der Waals surface area contributed by atoms with Crippen LogP contribution in [0, 0.1) is 11.3 Å². The molecule has 0 unspecified atom stereocenters. The lowest BCUT2D eigenvalue weighted by Crippen LogP contribution is -2.04. The second-order valence-corrected chi connectivity index (χ2v) is 5.39. The molecule has 0 radical (unpaired) electrons. The van der Waals surface area contributed by atoms with E-state index in [1.807, 2.05) is 55.5 Å². The summed E-state index contributed by atoms with van der Waals surface area (Å²) >= 11 is 0. The van der Waals surface area contributed by atoms with Crippen LogP contribution < -0.4 is 15.8 Å². The van der Waals surface area contributed by atoms with Crippen LogP contribution in [-0.4, -0.2) is 11.6 Å². The first-order chi connectivity index (χ1) is 12.2. The van der Waals surface area contributed by atoms with Crippen molar-refractivity contribution in [2.24, 2.45) is 0 Å². The van der Waals surface area contributed by atoms with Gasteiger partial charge in [0, 0.05) is 11.8 Å². The van der Waals surface area contributed by atoms with E-state index in [0.717, 1.165) is 16.8 Å². The zero-order chi connectivity index (χ0) is 17.6. The van der Waals surface area contributed by atoms with Crippen molar-refractivity contribution in [3.05, 3.63) is 66.2 Å². The number of nitrogen functional groups attached to an aromatic ring is 1. The van der Waals surface area contributed by atoms with Crippen LogP contribution in [0.4, 0.5) is 17.2 Å². The zero-order valence-corrected chi connectivity index (χ0v) is 13.9. The Balaban J connectivity index is 1.92. The Morgan fingerprint density at radius 1 is 1.08 bits per heavy atom. The quantitative estimate of drug-likeness (QED) is 0.727. The maximum atomic E-state index is 9.20. The molecule has 124 valence electrons. The normalized spacial score (nSPS) is 10.1. The zero-order valence-electron chi connectivity index (χ0n) is 13.9. The van der Waals surface area contributed by atoms with Crippen molar-refractivity contribution in [2.45, 2.75) is 6.92 Å². The molecule has 5 nitrogen and oxygen atoms in total. The van der Waals surface area contributed by atoms with Gasteiger partial charge in [-0.05, 0) is 30.2 Å². The summed E-state index contributed by atoms with van der Waals surface area (Å²) < 4.78 is 5.43. The number of nitrogens with one attached hydrogen (secondary N) is 1. The van der Waals surface area contributed by atoms with E-state index in [-0.39, 0.29) is 11.4 Å². The van der Waals surface area contributed by atoms with Gasteiger partial charge in [-0.25, -0.2) is 0 Å². The van der Waals surface area contributed by atoms with Crippen molar-refractivity contribution in [2.75, 3.05) is 17.7 Å². The highest BCUT2D eigenvalue weighted by Gasteiger charge is 2.12. The first-order valence-electron chi connectivity index (χ1n) is 7.97. The summed E-state index contributed by atoms with van der Waals surface area (Å²) in [6.07, 6.45) is 0. The number of nitrogens with zero attached hydrogens (tertiary/aromatic N) is 2. The molecule has 0 aliphatic rings. The van der Waals surface area contributed by atoms with Crippen molar-refractivity contribution in [3.63, 3.8) is 0 Å². The Labute approximate surface area is 146 Å². The minimum absolute atomic E-state index is 0.242. The van der Waals surface area contributed by atoms with Crippen molar-refractivity contribution in [3.8, 4) is 23.1 Å². The molecule has 0 atom stereocenters. The number of anilines is 3. The molecule has 1 aromatic heterocycles. The number of hydrogen-bond donors (Lipinski definition) is 2. The molecule has 0 saturated heterocycles. The molecule has 3 aromatic rings. The van der Waals surface area contributed by atoms with E-state index < -0.39 is 0 Å². The van der Waals surface area contributed by atoms with Crippen molar-refractivity contribution >= 4 is 17.2 Å². The number of hydrogen-bond acceptors (Lipinski definition) is 5. The Bertz CT molecular complexity index is 917. The number of nitriles is 1. The third-order valence-electron chi connectivity index (χ3n) is 3.65. The molecule has 25 heavy (non-hydrogen) atoms. The predicted molar refractivity (Wildman–Crippen MR) is 99.7 cm³/mol. The summed E-state index contributed by atoms with van der Waals surface area (Å²) in [7, 11) is 0. The van der Waals surface area contributed by atoms with E-state index in [4.69, 9.17) is 10.5 Å². The second-order valence-electron chi connectivity index (χ2n) is 5.39. The first-order valence-corrected chi connectivity index (χ1v) is 7.97. The van der Waals surface area contributed by atoms with E-state index in [1.54, 1.807) is 6.07 Å². The van der Waals surface area contributed by atoms with E-state index in [0.29, 0.717) is 18.1 Å². The van der Waals surface area contributed by atoms with E-state index in [1.165, 1.54) is 0 Å².